The molecule has 0 fully saturated rings. The molecule has 16 heavy (non-hydrogen) atoms. The second-order valence-electron chi connectivity index (χ2n) is 3.70. The second-order valence-corrected chi connectivity index (χ2v) is 5.22. The van der Waals surface area contributed by atoms with Gasteiger partial charge in [-0.2, -0.15) is 0 Å². The van der Waals surface area contributed by atoms with Crippen molar-refractivity contribution in [3.05, 3.63) is 53.1 Å². The van der Waals surface area contributed by atoms with E-state index in [0.717, 1.165) is 17.3 Å². The quantitative estimate of drug-likeness (QED) is 0.740. The Bertz CT molecular complexity index is 539. The van der Waals surface area contributed by atoms with Gasteiger partial charge in [-0.1, -0.05) is 41.6 Å². The van der Waals surface area contributed by atoms with E-state index in [4.69, 9.17) is 11.6 Å². The van der Waals surface area contributed by atoms with Crippen molar-refractivity contribution in [1.29, 1.82) is 0 Å². The third kappa shape index (κ3) is 1.79. The van der Waals surface area contributed by atoms with Crippen molar-refractivity contribution in [1.82, 2.24) is 0 Å². The van der Waals surface area contributed by atoms with E-state index in [1.54, 1.807) is 11.8 Å². The van der Waals surface area contributed by atoms with Crippen molar-refractivity contribution in [3.8, 4) is 0 Å². The first-order valence-electron chi connectivity index (χ1n) is 5.12. The minimum absolute atomic E-state index is 0.776. The Morgan fingerprint density at radius 1 is 1.06 bits per heavy atom. The fourth-order valence-electron chi connectivity index (χ4n) is 1.79. The van der Waals surface area contributed by atoms with Crippen LogP contribution in [0.3, 0.4) is 0 Å². The summed E-state index contributed by atoms with van der Waals surface area (Å²) in [7, 11) is 0. The molecule has 3 rings (SSSR count). The molecular weight excluding hydrogens is 238 g/mol. The fourth-order valence-corrected chi connectivity index (χ4v) is 2.99. The molecule has 1 nitrogen and oxygen atoms in total. The molecule has 2 aromatic carbocycles. The van der Waals surface area contributed by atoms with Crippen molar-refractivity contribution in [2.24, 2.45) is 0 Å². The molecule has 0 unspecified atom stereocenters. The van der Waals surface area contributed by atoms with E-state index in [2.05, 4.69) is 35.6 Å². The number of anilines is 1. The average molecular weight is 248 g/mol. The largest absolute Gasteiger partial charge is 0.380 e. The van der Waals surface area contributed by atoms with Gasteiger partial charge in [-0.15, -0.1) is 0 Å². The monoisotopic (exact) mass is 247 g/mol. The Morgan fingerprint density at radius 3 is 2.88 bits per heavy atom. The molecule has 0 radical (unpaired) electrons. The summed E-state index contributed by atoms with van der Waals surface area (Å²) in [5, 5.41) is 4.19. The van der Waals surface area contributed by atoms with Crippen molar-refractivity contribution in [3.63, 3.8) is 0 Å². The maximum atomic E-state index is 5.99. The lowest BCUT2D eigenvalue weighted by Crippen LogP contribution is -1.98. The highest BCUT2D eigenvalue weighted by atomic mass is 35.5. The first kappa shape index (κ1) is 10.1. The summed E-state index contributed by atoms with van der Waals surface area (Å²) in [5.41, 5.74) is 2.45. The summed E-state index contributed by atoms with van der Waals surface area (Å²) in [6.45, 7) is 0.858. The molecule has 0 saturated carbocycles. The summed E-state index contributed by atoms with van der Waals surface area (Å²) in [5.74, 6) is 0. The van der Waals surface area contributed by atoms with Crippen LogP contribution in [0.5, 0.6) is 0 Å². The topological polar surface area (TPSA) is 12.0 Å². The van der Waals surface area contributed by atoms with Gasteiger partial charge in [0.2, 0.25) is 0 Å². The molecule has 1 heterocycles. The Kier molecular flexibility index (Phi) is 2.54. The van der Waals surface area contributed by atoms with E-state index in [0.29, 0.717) is 0 Å². The summed E-state index contributed by atoms with van der Waals surface area (Å²) < 4.78 is 0. The highest BCUT2D eigenvalue weighted by Crippen LogP contribution is 2.39. The van der Waals surface area contributed by atoms with Crippen molar-refractivity contribution in [2.45, 2.75) is 16.3 Å². The number of halogens is 1. The Morgan fingerprint density at radius 2 is 1.94 bits per heavy atom. The Balaban J connectivity index is 2.08. The van der Waals surface area contributed by atoms with Crippen LogP contribution >= 0.6 is 23.4 Å². The molecule has 2 aromatic rings. The van der Waals surface area contributed by atoms with Crippen LogP contribution in [0.15, 0.2) is 52.3 Å². The van der Waals surface area contributed by atoms with E-state index in [-0.39, 0.29) is 0 Å². The van der Waals surface area contributed by atoms with Gasteiger partial charge in [-0.05, 0) is 29.8 Å². The number of benzene rings is 2. The molecule has 1 N–H and O–H groups in total. The van der Waals surface area contributed by atoms with Crippen LogP contribution in [0.4, 0.5) is 5.69 Å². The van der Waals surface area contributed by atoms with Crippen molar-refractivity contribution in [2.75, 3.05) is 5.32 Å². The van der Waals surface area contributed by atoms with Gasteiger partial charge >= 0.3 is 0 Å². The van der Waals surface area contributed by atoms with Crippen molar-refractivity contribution >= 4 is 29.1 Å². The van der Waals surface area contributed by atoms with Gasteiger partial charge in [-0.3, -0.25) is 0 Å². The highest BCUT2D eigenvalue weighted by Gasteiger charge is 2.12. The first-order chi connectivity index (χ1) is 7.83. The lowest BCUT2D eigenvalue weighted by molar-refractivity contribution is 1.10. The van der Waals surface area contributed by atoms with Gasteiger partial charge in [0, 0.05) is 27.0 Å². The van der Waals surface area contributed by atoms with Gasteiger partial charge in [0.05, 0.1) is 0 Å². The summed E-state index contributed by atoms with van der Waals surface area (Å²) in [6.07, 6.45) is 0. The Hall–Kier alpha value is -1.12. The molecule has 1 aliphatic heterocycles. The predicted octanol–water partition coefficient (Wildman–Crippen LogP) is 4.42. The second kappa shape index (κ2) is 4.04. The smallest absolute Gasteiger partial charge is 0.0499 e. The molecule has 0 amide bonds. The number of nitrogens with one attached hydrogen (secondary N) is 1. The standard InChI is InChI=1S/C13H10ClNS/c14-10-5-6-13-11(7-10)15-8-9-3-1-2-4-12(9)16-13/h1-7,15H,8H2. The lowest BCUT2D eigenvalue weighted by atomic mass is 10.2. The number of hydrogen-bond acceptors (Lipinski definition) is 2. The van der Waals surface area contributed by atoms with Gasteiger partial charge in [-0.25, -0.2) is 0 Å². The molecule has 0 spiro atoms. The van der Waals surface area contributed by atoms with Crippen LogP contribution < -0.4 is 5.32 Å². The fraction of sp³-hybridized carbons (Fsp3) is 0.0769. The molecule has 1 aliphatic rings. The first-order valence-corrected chi connectivity index (χ1v) is 6.31. The average Bonchev–Trinajstić information content (AvgIpc) is 2.48. The number of fused-ring (bicyclic) bond motifs is 2. The normalized spacial score (nSPS) is 13.3. The highest BCUT2D eigenvalue weighted by molar-refractivity contribution is 7.99. The summed E-state index contributed by atoms with van der Waals surface area (Å²) in [4.78, 5) is 2.55. The maximum Gasteiger partial charge on any atom is 0.0499 e. The zero-order valence-corrected chi connectivity index (χ0v) is 10.1. The molecule has 0 saturated heterocycles. The maximum absolute atomic E-state index is 5.99. The van der Waals surface area contributed by atoms with Crippen LogP contribution in [0, 0.1) is 0 Å². The lowest BCUT2D eigenvalue weighted by Gasteiger charge is -2.06. The van der Waals surface area contributed by atoms with Gasteiger partial charge in [0.25, 0.3) is 0 Å². The predicted molar refractivity (Wildman–Crippen MR) is 69.3 cm³/mol. The zero-order chi connectivity index (χ0) is 11.0. The van der Waals surface area contributed by atoms with E-state index in [1.165, 1.54) is 15.4 Å². The molecule has 80 valence electrons. The Labute approximate surface area is 104 Å². The molecule has 0 atom stereocenters. The van der Waals surface area contributed by atoms with Crippen LogP contribution in [0.1, 0.15) is 5.56 Å². The van der Waals surface area contributed by atoms with Gasteiger partial charge in [0.1, 0.15) is 0 Å². The van der Waals surface area contributed by atoms with Crippen LogP contribution in [0.2, 0.25) is 5.02 Å². The third-order valence-electron chi connectivity index (χ3n) is 2.60. The van der Waals surface area contributed by atoms with E-state index < -0.39 is 0 Å². The molecule has 3 heteroatoms. The minimum atomic E-state index is 0.776. The number of rotatable bonds is 0. The van der Waals surface area contributed by atoms with Gasteiger partial charge < -0.3 is 5.32 Å². The molecule has 0 bridgehead atoms. The van der Waals surface area contributed by atoms with Crippen LogP contribution in [-0.4, -0.2) is 0 Å². The third-order valence-corrected chi connectivity index (χ3v) is 4.03. The number of hydrogen-bond donors (Lipinski definition) is 1. The van der Waals surface area contributed by atoms with Crippen LogP contribution in [0.25, 0.3) is 0 Å². The summed E-state index contributed by atoms with van der Waals surface area (Å²) in [6, 6.07) is 14.4. The van der Waals surface area contributed by atoms with E-state index in [9.17, 15) is 0 Å². The van der Waals surface area contributed by atoms with Gasteiger partial charge in [0.15, 0.2) is 0 Å². The SMILES string of the molecule is Clc1ccc2c(c1)NCc1ccccc1S2. The minimum Gasteiger partial charge on any atom is -0.380 e. The molecular formula is C13H10ClNS. The van der Waals surface area contributed by atoms with E-state index in [1.807, 2.05) is 12.1 Å². The zero-order valence-electron chi connectivity index (χ0n) is 8.53. The van der Waals surface area contributed by atoms with Crippen LogP contribution in [-0.2, 0) is 6.54 Å². The van der Waals surface area contributed by atoms with E-state index >= 15 is 0 Å². The summed E-state index contributed by atoms with van der Waals surface area (Å²) >= 11 is 7.78. The molecule has 0 aliphatic carbocycles. The molecule has 0 aromatic heterocycles. The van der Waals surface area contributed by atoms with Crippen molar-refractivity contribution < 1.29 is 0 Å².